The maximum absolute atomic E-state index is 10.4. The first-order chi connectivity index (χ1) is 9.62. The van der Waals surface area contributed by atoms with Crippen LogP contribution in [0.5, 0.6) is 11.5 Å². The molecule has 0 saturated heterocycles. The summed E-state index contributed by atoms with van der Waals surface area (Å²) in [4.78, 5) is 10.8. The van der Waals surface area contributed by atoms with Gasteiger partial charge in [-0.25, -0.2) is 0 Å². The number of benzene rings is 1. The Bertz CT molecular complexity index is 463. The molecule has 0 aliphatic heterocycles. The van der Waals surface area contributed by atoms with Crippen molar-refractivity contribution in [3.63, 3.8) is 0 Å². The van der Waals surface area contributed by atoms with Gasteiger partial charge in [-0.3, -0.25) is 10.1 Å². The van der Waals surface area contributed by atoms with Crippen molar-refractivity contribution >= 4 is 17.8 Å². The second-order valence-electron chi connectivity index (χ2n) is 4.06. The molecule has 20 heavy (non-hydrogen) atoms. The highest BCUT2D eigenvalue weighted by Gasteiger charge is 2.12. The number of nitro groups is 1. The summed E-state index contributed by atoms with van der Waals surface area (Å²) in [5.74, 6) is 2.33. The lowest BCUT2D eigenvalue weighted by molar-refractivity contribution is -0.400. The van der Waals surface area contributed by atoms with Crippen molar-refractivity contribution in [2.75, 3.05) is 20.0 Å². The molecule has 5 nitrogen and oxygen atoms in total. The topological polar surface area (TPSA) is 61.6 Å². The molecule has 0 spiro atoms. The number of nitrogens with zero attached hydrogens (tertiary/aromatic N) is 1. The van der Waals surface area contributed by atoms with Gasteiger partial charge in [-0.15, -0.1) is 11.8 Å². The standard InChI is InChI=1S/C14H19NO4S/c1-4-5-8-20-14-12(18-2)9-11(6-7-15(16)17)10-13(14)19-3/h6-7,9-10H,4-5,8H2,1-3H3. The molecule has 1 aromatic carbocycles. The number of unbranched alkanes of at least 4 members (excludes halogenated alkanes) is 1. The Kier molecular flexibility index (Phi) is 6.93. The van der Waals surface area contributed by atoms with Gasteiger partial charge in [0.25, 0.3) is 0 Å². The van der Waals surface area contributed by atoms with Gasteiger partial charge in [0.2, 0.25) is 6.20 Å². The normalized spacial score (nSPS) is 10.8. The molecule has 0 bridgehead atoms. The largest absolute Gasteiger partial charge is 0.495 e. The molecule has 1 rings (SSSR count). The molecule has 0 atom stereocenters. The summed E-state index contributed by atoms with van der Waals surface area (Å²) in [5.41, 5.74) is 0.676. The van der Waals surface area contributed by atoms with Crippen LogP contribution in [-0.2, 0) is 0 Å². The van der Waals surface area contributed by atoms with E-state index in [0.717, 1.165) is 29.7 Å². The molecular weight excluding hydrogens is 278 g/mol. The van der Waals surface area contributed by atoms with Crippen molar-refractivity contribution in [1.82, 2.24) is 0 Å². The van der Waals surface area contributed by atoms with Gasteiger partial charge in [0.1, 0.15) is 11.5 Å². The minimum Gasteiger partial charge on any atom is -0.495 e. The Labute approximate surface area is 123 Å². The summed E-state index contributed by atoms with van der Waals surface area (Å²) in [6, 6.07) is 3.55. The van der Waals surface area contributed by atoms with E-state index in [9.17, 15) is 10.1 Å². The molecule has 0 aliphatic carbocycles. The van der Waals surface area contributed by atoms with E-state index >= 15 is 0 Å². The van der Waals surface area contributed by atoms with Crippen LogP contribution in [0.2, 0.25) is 0 Å². The van der Waals surface area contributed by atoms with E-state index in [-0.39, 0.29) is 0 Å². The smallest absolute Gasteiger partial charge is 0.235 e. The summed E-state index contributed by atoms with van der Waals surface area (Å²) < 4.78 is 10.7. The quantitative estimate of drug-likeness (QED) is 0.316. The van der Waals surface area contributed by atoms with Crippen molar-refractivity contribution in [3.8, 4) is 11.5 Å². The van der Waals surface area contributed by atoms with Crippen molar-refractivity contribution in [3.05, 3.63) is 34.0 Å². The first kappa shape index (κ1) is 16.4. The molecule has 0 amide bonds. The first-order valence-corrected chi connectivity index (χ1v) is 7.31. The van der Waals surface area contributed by atoms with Gasteiger partial charge in [-0.1, -0.05) is 13.3 Å². The van der Waals surface area contributed by atoms with Crippen molar-refractivity contribution in [2.24, 2.45) is 0 Å². The minimum absolute atomic E-state index is 0.497. The zero-order valence-electron chi connectivity index (χ0n) is 11.9. The van der Waals surface area contributed by atoms with E-state index in [1.54, 1.807) is 38.1 Å². The van der Waals surface area contributed by atoms with Crippen LogP contribution in [0.3, 0.4) is 0 Å². The molecule has 0 fully saturated rings. The Morgan fingerprint density at radius 1 is 1.30 bits per heavy atom. The van der Waals surface area contributed by atoms with Gasteiger partial charge in [0.05, 0.1) is 24.0 Å². The first-order valence-electron chi connectivity index (χ1n) is 6.32. The Hall–Kier alpha value is -1.69. The Morgan fingerprint density at radius 2 is 1.90 bits per heavy atom. The minimum atomic E-state index is -0.497. The molecular formula is C14H19NO4S. The van der Waals surface area contributed by atoms with Gasteiger partial charge in [0, 0.05) is 6.08 Å². The zero-order chi connectivity index (χ0) is 15.0. The lowest BCUT2D eigenvalue weighted by atomic mass is 10.2. The molecule has 0 aliphatic rings. The highest BCUT2D eigenvalue weighted by Crippen LogP contribution is 2.39. The van der Waals surface area contributed by atoms with Gasteiger partial charge in [-0.2, -0.15) is 0 Å². The van der Waals surface area contributed by atoms with Crippen LogP contribution < -0.4 is 9.47 Å². The summed E-state index contributed by atoms with van der Waals surface area (Å²) in [7, 11) is 3.17. The van der Waals surface area contributed by atoms with Crippen LogP contribution in [0.1, 0.15) is 25.3 Å². The number of rotatable bonds is 8. The van der Waals surface area contributed by atoms with Crippen LogP contribution in [0.25, 0.3) is 6.08 Å². The zero-order valence-corrected chi connectivity index (χ0v) is 12.7. The molecule has 1 aromatic rings. The van der Waals surface area contributed by atoms with Crippen molar-refractivity contribution in [1.29, 1.82) is 0 Å². The van der Waals surface area contributed by atoms with Gasteiger partial charge >= 0.3 is 0 Å². The Balaban J connectivity index is 3.07. The maximum atomic E-state index is 10.4. The fraction of sp³-hybridized carbons (Fsp3) is 0.429. The summed E-state index contributed by atoms with van der Waals surface area (Å²) in [6.45, 7) is 2.14. The van der Waals surface area contributed by atoms with Gasteiger partial charge < -0.3 is 9.47 Å². The predicted molar refractivity (Wildman–Crippen MR) is 81.2 cm³/mol. The maximum Gasteiger partial charge on any atom is 0.235 e. The van der Waals surface area contributed by atoms with E-state index in [4.69, 9.17) is 9.47 Å². The molecule has 0 heterocycles. The molecule has 0 unspecified atom stereocenters. The molecule has 0 aromatic heterocycles. The SMILES string of the molecule is CCCCSc1c(OC)cc(C=C[N+](=O)[O-])cc1OC. The number of ether oxygens (including phenoxy) is 2. The van der Waals surface area contributed by atoms with Crippen LogP contribution in [0.15, 0.2) is 23.2 Å². The van der Waals surface area contributed by atoms with Crippen molar-refractivity contribution in [2.45, 2.75) is 24.7 Å². The highest BCUT2D eigenvalue weighted by atomic mass is 32.2. The van der Waals surface area contributed by atoms with Crippen LogP contribution in [-0.4, -0.2) is 24.9 Å². The molecule has 110 valence electrons. The molecule has 0 N–H and O–H groups in total. The monoisotopic (exact) mass is 297 g/mol. The molecule has 6 heteroatoms. The number of hydrogen-bond donors (Lipinski definition) is 0. The predicted octanol–water partition coefficient (Wildman–Crippen LogP) is 3.84. The van der Waals surface area contributed by atoms with Crippen LogP contribution in [0, 0.1) is 10.1 Å². The van der Waals surface area contributed by atoms with E-state index < -0.39 is 4.92 Å². The highest BCUT2D eigenvalue weighted by molar-refractivity contribution is 7.99. The van der Waals surface area contributed by atoms with Crippen LogP contribution in [0.4, 0.5) is 0 Å². The average molecular weight is 297 g/mol. The van der Waals surface area contributed by atoms with Crippen LogP contribution >= 0.6 is 11.8 Å². The van der Waals surface area contributed by atoms with E-state index in [1.165, 1.54) is 6.08 Å². The third-order valence-corrected chi connectivity index (χ3v) is 3.80. The van der Waals surface area contributed by atoms with Gasteiger partial charge in [0.15, 0.2) is 0 Å². The summed E-state index contributed by atoms with van der Waals surface area (Å²) in [6.07, 6.45) is 4.56. The number of thioether (sulfide) groups is 1. The third kappa shape index (κ3) is 4.77. The Morgan fingerprint density at radius 3 is 2.35 bits per heavy atom. The fourth-order valence-corrected chi connectivity index (χ4v) is 2.81. The fourth-order valence-electron chi connectivity index (χ4n) is 1.60. The number of hydrogen-bond acceptors (Lipinski definition) is 5. The number of methoxy groups -OCH3 is 2. The van der Waals surface area contributed by atoms with Crippen molar-refractivity contribution < 1.29 is 14.4 Å². The molecule has 0 radical (unpaired) electrons. The lowest BCUT2D eigenvalue weighted by Gasteiger charge is -2.13. The summed E-state index contributed by atoms with van der Waals surface area (Å²) in [5, 5.41) is 10.4. The third-order valence-electron chi connectivity index (χ3n) is 2.62. The lowest BCUT2D eigenvalue weighted by Crippen LogP contribution is -1.94. The second-order valence-corrected chi connectivity index (χ2v) is 5.16. The van der Waals surface area contributed by atoms with E-state index in [0.29, 0.717) is 17.1 Å². The molecule has 0 saturated carbocycles. The van der Waals surface area contributed by atoms with E-state index in [2.05, 4.69) is 6.92 Å². The van der Waals surface area contributed by atoms with E-state index in [1.807, 2.05) is 0 Å². The second kappa shape index (κ2) is 8.47. The average Bonchev–Trinajstić information content (AvgIpc) is 2.45. The summed E-state index contributed by atoms with van der Waals surface area (Å²) >= 11 is 1.67. The van der Waals surface area contributed by atoms with Gasteiger partial charge in [-0.05, 0) is 29.9 Å².